The van der Waals surface area contributed by atoms with Crippen LogP contribution in [0.4, 0.5) is 26.2 Å². The number of aromatic nitrogens is 2. The van der Waals surface area contributed by atoms with Crippen LogP contribution < -0.4 is 21.3 Å². The summed E-state index contributed by atoms with van der Waals surface area (Å²) in [4.78, 5) is 37.3. The molecule has 0 radical (unpaired) electrons. The highest BCUT2D eigenvalue weighted by Gasteiger charge is 2.25. The lowest BCUT2D eigenvalue weighted by molar-refractivity contribution is 0.101. The molecule has 0 atom stereocenters. The largest absolute Gasteiger partial charge is 0.344 e. The summed E-state index contributed by atoms with van der Waals surface area (Å²) < 4.78 is 83.8. The molecule has 5 aromatic rings. The van der Waals surface area contributed by atoms with Gasteiger partial charge in [-0.3, -0.25) is 18.7 Å². The Hall–Kier alpha value is -5.56. The minimum absolute atomic E-state index is 0.0366. The third kappa shape index (κ3) is 7.36. The van der Waals surface area contributed by atoms with E-state index in [9.17, 15) is 44.7 Å². The van der Waals surface area contributed by atoms with Crippen LogP contribution in [0.15, 0.2) is 88.9 Å². The van der Waals surface area contributed by atoms with Gasteiger partial charge in [0.2, 0.25) is 0 Å². The smallest absolute Gasteiger partial charge is 0.319 e. The van der Waals surface area contributed by atoms with E-state index in [2.05, 4.69) is 21.3 Å². The number of hydrogen-bond donors (Lipinski definition) is 6. The second-order valence-corrected chi connectivity index (χ2v) is 13.3. The van der Waals surface area contributed by atoms with Crippen LogP contribution in [0.1, 0.15) is 26.5 Å². The molecule has 2 aromatic heterocycles. The van der Waals surface area contributed by atoms with E-state index in [1.807, 2.05) is 0 Å². The maximum Gasteiger partial charge on any atom is 0.319 e. The molecule has 0 saturated heterocycles. The number of carbonyl (C=O) groups is 3. The van der Waals surface area contributed by atoms with Crippen molar-refractivity contribution in [3.05, 3.63) is 102 Å². The SMILES string of the molecule is Cn1cc(NC(=O)NCc2ccc(F)cc2)cc1C(=O)Nc1cc(C(=O)Nc2ccc3c(S(=O)(=O)O)cccc3c2S(=O)(=O)O)n(C)c1. The highest BCUT2D eigenvalue weighted by Crippen LogP contribution is 2.34. The van der Waals surface area contributed by atoms with Crippen LogP contribution in [0.2, 0.25) is 0 Å². The van der Waals surface area contributed by atoms with Crippen LogP contribution in [0, 0.1) is 5.82 Å². The number of urea groups is 1. The molecule has 0 bridgehead atoms. The number of nitrogens with zero attached hydrogens (tertiary/aromatic N) is 2. The predicted octanol–water partition coefficient (Wildman–Crippen LogP) is 3.98. The number of fused-ring (bicyclic) bond motifs is 1. The van der Waals surface area contributed by atoms with E-state index in [1.165, 1.54) is 71.0 Å². The van der Waals surface area contributed by atoms with Crippen LogP contribution >= 0.6 is 0 Å². The van der Waals surface area contributed by atoms with Gasteiger partial charge in [0.05, 0.1) is 17.1 Å². The third-order valence-corrected chi connectivity index (χ3v) is 8.98. The zero-order valence-corrected chi connectivity index (χ0v) is 26.7. The van der Waals surface area contributed by atoms with Crippen LogP contribution in [-0.4, -0.2) is 52.9 Å². The van der Waals surface area contributed by atoms with Crippen molar-refractivity contribution in [1.82, 2.24) is 14.5 Å². The molecule has 0 aliphatic carbocycles. The van der Waals surface area contributed by atoms with E-state index in [1.54, 1.807) is 7.05 Å². The lowest BCUT2D eigenvalue weighted by Crippen LogP contribution is -2.28. The number of benzene rings is 3. The average molecular weight is 699 g/mol. The maximum absolute atomic E-state index is 13.2. The second-order valence-electron chi connectivity index (χ2n) is 10.5. The van der Waals surface area contributed by atoms with Gasteiger partial charge in [-0.05, 0) is 42.0 Å². The minimum Gasteiger partial charge on any atom is -0.344 e. The molecule has 0 aliphatic heterocycles. The molecule has 48 heavy (non-hydrogen) atoms. The Morgan fingerprint density at radius 2 is 1.31 bits per heavy atom. The van der Waals surface area contributed by atoms with Gasteiger partial charge < -0.3 is 30.4 Å². The van der Waals surface area contributed by atoms with Crippen molar-refractivity contribution in [2.24, 2.45) is 14.1 Å². The molecule has 0 fully saturated rings. The molecule has 0 spiro atoms. The highest BCUT2D eigenvalue weighted by molar-refractivity contribution is 7.86. The van der Waals surface area contributed by atoms with Crippen molar-refractivity contribution in [1.29, 1.82) is 0 Å². The zero-order valence-electron chi connectivity index (χ0n) is 25.1. The Bertz CT molecular complexity index is 2320. The summed E-state index contributed by atoms with van der Waals surface area (Å²) in [6.07, 6.45) is 2.92. The monoisotopic (exact) mass is 698 g/mol. The number of aryl methyl sites for hydroxylation is 2. The predicted molar refractivity (Wildman–Crippen MR) is 173 cm³/mol. The summed E-state index contributed by atoms with van der Waals surface area (Å²) in [6, 6.07) is 13.4. The summed E-state index contributed by atoms with van der Waals surface area (Å²) in [5.41, 5.74) is 0.913. The molecular formula is C30H27FN6O9S2. The zero-order chi connectivity index (χ0) is 35.0. The number of hydrogen-bond acceptors (Lipinski definition) is 7. The van der Waals surface area contributed by atoms with Gasteiger partial charge in [-0.2, -0.15) is 16.8 Å². The number of halogens is 1. The van der Waals surface area contributed by atoms with Gasteiger partial charge in [-0.25, -0.2) is 9.18 Å². The Kier molecular flexibility index (Phi) is 9.09. The van der Waals surface area contributed by atoms with E-state index < -0.39 is 53.7 Å². The average Bonchev–Trinajstić information content (AvgIpc) is 3.55. The summed E-state index contributed by atoms with van der Waals surface area (Å²) in [7, 11) is -6.72. The number of amides is 4. The maximum atomic E-state index is 13.2. The first-order chi connectivity index (χ1) is 22.5. The van der Waals surface area contributed by atoms with E-state index in [-0.39, 0.29) is 40.1 Å². The molecule has 0 aliphatic rings. The summed E-state index contributed by atoms with van der Waals surface area (Å²) >= 11 is 0. The van der Waals surface area contributed by atoms with Gasteiger partial charge >= 0.3 is 6.03 Å². The van der Waals surface area contributed by atoms with E-state index in [4.69, 9.17) is 0 Å². The molecular weight excluding hydrogens is 671 g/mol. The van der Waals surface area contributed by atoms with Crippen molar-refractivity contribution in [3.63, 3.8) is 0 Å². The Morgan fingerprint density at radius 1 is 0.729 bits per heavy atom. The number of anilines is 3. The summed E-state index contributed by atoms with van der Waals surface area (Å²) in [5.74, 6) is -1.83. The standard InChI is InChI=1S/C30H27FN6O9S2/c1-36-15-19(33-28(38)24-13-20(16-37(24)2)34-30(40)32-14-17-6-8-18(31)9-7-17)12-25(36)29(39)35-23-11-10-21-22(27(23)48(44,45)46)4-3-5-26(21)47(41,42)43/h3-13,15-16H,14H2,1-2H3,(H,33,38)(H,35,39)(H2,32,34,40)(H,41,42,43)(H,44,45,46). The fourth-order valence-corrected chi connectivity index (χ4v) is 6.52. The minimum atomic E-state index is -5.03. The molecule has 5 rings (SSSR count). The quantitative estimate of drug-likeness (QED) is 0.123. The van der Waals surface area contributed by atoms with Gasteiger partial charge in [0.1, 0.15) is 27.0 Å². The van der Waals surface area contributed by atoms with E-state index in [0.717, 1.165) is 24.3 Å². The fourth-order valence-electron chi connectivity index (χ4n) is 4.96. The third-order valence-electron chi connectivity index (χ3n) is 7.11. The summed E-state index contributed by atoms with van der Waals surface area (Å²) in [5, 5.41) is 9.78. The molecule has 0 saturated carbocycles. The van der Waals surface area contributed by atoms with Crippen LogP contribution in [-0.2, 0) is 40.9 Å². The van der Waals surface area contributed by atoms with E-state index in [0.29, 0.717) is 11.3 Å². The highest BCUT2D eigenvalue weighted by atomic mass is 32.2. The summed E-state index contributed by atoms with van der Waals surface area (Å²) in [6.45, 7) is 0.142. The molecule has 15 nitrogen and oxygen atoms in total. The molecule has 4 amide bonds. The number of nitrogens with one attached hydrogen (secondary N) is 4. The van der Waals surface area contributed by atoms with Crippen LogP contribution in [0.3, 0.4) is 0 Å². The van der Waals surface area contributed by atoms with Gasteiger partial charge in [-0.1, -0.05) is 30.3 Å². The fraction of sp³-hybridized carbons (Fsp3) is 0.100. The number of carbonyl (C=O) groups excluding carboxylic acids is 3. The normalized spacial score (nSPS) is 11.7. The molecule has 2 heterocycles. The van der Waals surface area contributed by atoms with Crippen molar-refractivity contribution >= 4 is 65.9 Å². The first-order valence-electron chi connectivity index (χ1n) is 13.8. The van der Waals surface area contributed by atoms with Crippen molar-refractivity contribution in [2.75, 3.05) is 16.0 Å². The Labute approximate surface area is 272 Å². The lowest BCUT2D eigenvalue weighted by Gasteiger charge is -2.13. The molecule has 3 aromatic carbocycles. The van der Waals surface area contributed by atoms with Crippen LogP contribution in [0.5, 0.6) is 0 Å². The van der Waals surface area contributed by atoms with Crippen LogP contribution in [0.25, 0.3) is 10.8 Å². The van der Waals surface area contributed by atoms with Gasteiger partial charge in [-0.15, -0.1) is 0 Å². The first kappa shape index (κ1) is 33.8. The van der Waals surface area contributed by atoms with Crippen molar-refractivity contribution in [2.45, 2.75) is 16.3 Å². The lowest BCUT2D eigenvalue weighted by atomic mass is 10.1. The first-order valence-corrected chi connectivity index (χ1v) is 16.6. The second kappa shape index (κ2) is 12.9. The van der Waals surface area contributed by atoms with Crippen molar-refractivity contribution in [3.8, 4) is 0 Å². The Balaban J connectivity index is 1.30. The topological polar surface area (TPSA) is 218 Å². The van der Waals surface area contributed by atoms with Gasteiger partial charge in [0.15, 0.2) is 0 Å². The molecule has 6 N–H and O–H groups in total. The Morgan fingerprint density at radius 3 is 1.90 bits per heavy atom. The van der Waals surface area contributed by atoms with E-state index >= 15 is 0 Å². The molecule has 250 valence electrons. The van der Waals surface area contributed by atoms with Gasteiger partial charge in [0.25, 0.3) is 32.1 Å². The molecule has 0 unspecified atom stereocenters. The van der Waals surface area contributed by atoms with Gasteiger partial charge in [0, 0.05) is 43.8 Å². The molecule has 18 heteroatoms. The van der Waals surface area contributed by atoms with Crippen molar-refractivity contribution < 1.29 is 44.7 Å². The number of rotatable bonds is 9.